The normalized spacial score (nSPS) is 17.2. The van der Waals surface area contributed by atoms with E-state index < -0.39 is 0 Å². The van der Waals surface area contributed by atoms with Crippen LogP contribution in [-0.4, -0.2) is 6.71 Å². The van der Waals surface area contributed by atoms with Gasteiger partial charge in [0, 0.05) is 34.1 Å². The molecule has 0 spiro atoms. The Morgan fingerprint density at radius 1 is 0.411 bits per heavy atom. The Hall–Kier alpha value is -4.24. The molecule has 0 saturated carbocycles. The molecule has 0 aromatic heterocycles. The van der Waals surface area contributed by atoms with Crippen LogP contribution in [0.1, 0.15) is 145 Å². The van der Waals surface area contributed by atoms with Crippen LogP contribution in [0.25, 0.3) is 0 Å². The molecular weight excluding hydrogens is 675 g/mol. The van der Waals surface area contributed by atoms with Crippen LogP contribution in [0.2, 0.25) is 0 Å². The van der Waals surface area contributed by atoms with Crippen LogP contribution in [0.5, 0.6) is 0 Å². The summed E-state index contributed by atoms with van der Waals surface area (Å²) in [5, 5.41) is 0. The van der Waals surface area contributed by atoms with E-state index in [0.29, 0.717) is 0 Å². The van der Waals surface area contributed by atoms with E-state index in [1.54, 1.807) is 22.3 Å². The van der Waals surface area contributed by atoms with Crippen molar-refractivity contribution in [1.29, 1.82) is 0 Å². The van der Waals surface area contributed by atoms with Gasteiger partial charge in [0.1, 0.15) is 0 Å². The second kappa shape index (κ2) is 14.6. The molecule has 9 rings (SSSR count). The SMILES string of the molecule is Cc1cc2c3c(c1)N(c1ccc4c(c1)CCCCCCC4)c1cc4c(cc1B3c1cc(C(C)(C)C)ccc1N2c1ccc(C(C)(C)C)cc1)CCCCCCC4. The van der Waals surface area contributed by atoms with Crippen LogP contribution in [0, 0.1) is 6.92 Å². The van der Waals surface area contributed by atoms with Gasteiger partial charge in [-0.05, 0) is 173 Å². The third kappa shape index (κ3) is 6.82. The van der Waals surface area contributed by atoms with Crippen LogP contribution in [0.3, 0.4) is 0 Å². The first-order valence-electron chi connectivity index (χ1n) is 22.2. The first-order valence-corrected chi connectivity index (χ1v) is 22.2. The molecule has 2 heterocycles. The average molecular weight is 739 g/mol. The van der Waals surface area contributed by atoms with Crippen molar-refractivity contribution < 1.29 is 0 Å². The number of rotatable bonds is 2. The van der Waals surface area contributed by atoms with Gasteiger partial charge in [0.2, 0.25) is 0 Å². The molecule has 0 saturated heterocycles. The van der Waals surface area contributed by atoms with Crippen LogP contribution in [0.4, 0.5) is 34.1 Å². The van der Waals surface area contributed by atoms with Crippen molar-refractivity contribution in [2.24, 2.45) is 0 Å². The zero-order chi connectivity index (χ0) is 38.8. The summed E-state index contributed by atoms with van der Waals surface area (Å²) < 4.78 is 0. The van der Waals surface area contributed by atoms with Crippen molar-refractivity contribution in [1.82, 2.24) is 0 Å². The van der Waals surface area contributed by atoms with Gasteiger partial charge in [-0.1, -0.05) is 116 Å². The van der Waals surface area contributed by atoms with E-state index in [2.05, 4.69) is 143 Å². The Bertz CT molecular complexity index is 2270. The summed E-state index contributed by atoms with van der Waals surface area (Å²) in [6.07, 6.45) is 18.0. The van der Waals surface area contributed by atoms with Gasteiger partial charge in [0.25, 0.3) is 6.71 Å². The van der Waals surface area contributed by atoms with Gasteiger partial charge in [-0.2, -0.15) is 0 Å². The highest BCUT2D eigenvalue weighted by atomic mass is 15.2. The highest BCUT2D eigenvalue weighted by Crippen LogP contribution is 2.46. The standard InChI is InChI=1S/C53H63BN2/c1-36-30-49-51-50(31-36)56(44-26-22-37-18-14-10-8-11-15-19-38(37)32-44)48-34-40-21-17-13-9-12-16-20-39(40)33-45(48)54(51)46-35-42(53(5,6)7)25-29-47(46)55(49)43-27-23-41(24-28-43)52(2,3)4/h22-35H,8-21H2,1-7H3. The zero-order valence-corrected chi connectivity index (χ0v) is 35.5. The van der Waals surface area contributed by atoms with E-state index in [1.807, 2.05) is 0 Å². The number of hydrogen-bond acceptors (Lipinski definition) is 2. The summed E-state index contributed by atoms with van der Waals surface area (Å²) >= 11 is 0. The molecule has 5 aromatic rings. The summed E-state index contributed by atoms with van der Waals surface area (Å²) in [5.74, 6) is 0. The Balaban J connectivity index is 1.33. The molecule has 2 aliphatic heterocycles. The number of hydrogen-bond donors (Lipinski definition) is 0. The Morgan fingerprint density at radius 2 is 0.893 bits per heavy atom. The minimum absolute atomic E-state index is 0.0397. The summed E-state index contributed by atoms with van der Waals surface area (Å²) in [5.41, 5.74) is 22.9. The molecule has 0 bridgehead atoms. The molecule has 3 heteroatoms. The van der Waals surface area contributed by atoms with Crippen LogP contribution in [-0.2, 0) is 36.5 Å². The van der Waals surface area contributed by atoms with Crippen LogP contribution < -0.4 is 26.2 Å². The van der Waals surface area contributed by atoms with Crippen molar-refractivity contribution >= 4 is 57.2 Å². The van der Waals surface area contributed by atoms with E-state index in [0.717, 1.165) is 0 Å². The lowest BCUT2D eigenvalue weighted by molar-refractivity contribution is 0.590. The summed E-state index contributed by atoms with van der Waals surface area (Å²) in [4.78, 5) is 5.30. The predicted molar refractivity (Wildman–Crippen MR) is 244 cm³/mol. The van der Waals surface area contributed by atoms with Crippen molar-refractivity contribution in [3.05, 3.63) is 124 Å². The van der Waals surface area contributed by atoms with Gasteiger partial charge in [0.15, 0.2) is 0 Å². The maximum absolute atomic E-state index is 2.71. The molecule has 0 unspecified atom stereocenters. The molecule has 56 heavy (non-hydrogen) atoms. The van der Waals surface area contributed by atoms with Crippen molar-refractivity contribution in [2.45, 2.75) is 149 Å². The van der Waals surface area contributed by atoms with E-state index in [1.165, 1.54) is 157 Å². The lowest BCUT2D eigenvalue weighted by Gasteiger charge is -2.45. The highest BCUT2D eigenvalue weighted by Gasteiger charge is 2.44. The first-order chi connectivity index (χ1) is 27.0. The molecular formula is C53H63BN2. The van der Waals surface area contributed by atoms with Gasteiger partial charge < -0.3 is 9.80 Å². The lowest BCUT2D eigenvalue weighted by Crippen LogP contribution is -2.61. The first kappa shape index (κ1) is 37.3. The second-order valence-corrected chi connectivity index (χ2v) is 19.8. The third-order valence-electron chi connectivity index (χ3n) is 13.6. The summed E-state index contributed by atoms with van der Waals surface area (Å²) in [7, 11) is 0. The van der Waals surface area contributed by atoms with E-state index in [9.17, 15) is 0 Å². The van der Waals surface area contributed by atoms with Crippen molar-refractivity contribution in [3.8, 4) is 0 Å². The Kier molecular flexibility index (Phi) is 9.74. The number of anilines is 6. The minimum Gasteiger partial charge on any atom is -0.311 e. The fourth-order valence-electron chi connectivity index (χ4n) is 10.4. The molecule has 0 atom stereocenters. The topological polar surface area (TPSA) is 6.48 Å². The van der Waals surface area contributed by atoms with E-state index >= 15 is 0 Å². The summed E-state index contributed by atoms with van der Waals surface area (Å²) in [6, 6.07) is 34.8. The van der Waals surface area contributed by atoms with Crippen LogP contribution in [0.15, 0.2) is 84.9 Å². The fraction of sp³-hybridized carbons (Fsp3) is 0.434. The molecule has 0 amide bonds. The van der Waals surface area contributed by atoms with Gasteiger partial charge in [-0.3, -0.25) is 0 Å². The Labute approximate surface area is 338 Å². The van der Waals surface area contributed by atoms with E-state index in [-0.39, 0.29) is 17.5 Å². The smallest absolute Gasteiger partial charge is 0.252 e. The number of nitrogens with zero attached hydrogens (tertiary/aromatic N) is 2. The number of fused-ring (bicyclic) bond motifs is 6. The van der Waals surface area contributed by atoms with Crippen molar-refractivity contribution in [3.63, 3.8) is 0 Å². The molecule has 0 radical (unpaired) electrons. The largest absolute Gasteiger partial charge is 0.311 e. The lowest BCUT2D eigenvalue weighted by atomic mass is 9.33. The predicted octanol–water partition coefficient (Wildman–Crippen LogP) is 12.8. The fourth-order valence-corrected chi connectivity index (χ4v) is 10.4. The third-order valence-corrected chi connectivity index (χ3v) is 13.6. The molecule has 288 valence electrons. The van der Waals surface area contributed by atoms with Gasteiger partial charge in [-0.25, -0.2) is 0 Å². The quantitative estimate of drug-likeness (QED) is 0.163. The molecule has 0 fully saturated rings. The molecule has 4 aliphatic rings. The minimum atomic E-state index is 0.0397. The van der Waals surface area contributed by atoms with Gasteiger partial charge in [0.05, 0.1) is 0 Å². The highest BCUT2D eigenvalue weighted by molar-refractivity contribution is 7.00. The van der Waals surface area contributed by atoms with Gasteiger partial charge in [-0.15, -0.1) is 0 Å². The maximum atomic E-state index is 2.71. The Morgan fingerprint density at radius 3 is 1.50 bits per heavy atom. The zero-order valence-electron chi connectivity index (χ0n) is 35.5. The second-order valence-electron chi connectivity index (χ2n) is 19.8. The maximum Gasteiger partial charge on any atom is 0.252 e. The number of aryl methyl sites for hydroxylation is 5. The van der Waals surface area contributed by atoms with Crippen molar-refractivity contribution in [2.75, 3.05) is 9.80 Å². The molecule has 2 nitrogen and oxygen atoms in total. The monoisotopic (exact) mass is 739 g/mol. The van der Waals surface area contributed by atoms with E-state index in [4.69, 9.17) is 0 Å². The average Bonchev–Trinajstić information content (AvgIpc) is 3.36. The molecule has 2 aliphatic carbocycles. The van der Waals surface area contributed by atoms with Gasteiger partial charge >= 0.3 is 0 Å². The molecule has 0 N–H and O–H groups in total. The summed E-state index contributed by atoms with van der Waals surface area (Å²) in [6.45, 7) is 16.5. The van der Waals surface area contributed by atoms with Crippen LogP contribution >= 0.6 is 0 Å². The number of benzene rings is 5. The molecule has 5 aromatic carbocycles.